The quantitative estimate of drug-likeness (QED) is 0.838. The highest BCUT2D eigenvalue weighted by molar-refractivity contribution is 7.89. The maximum absolute atomic E-state index is 12.3. The fraction of sp³-hybridized carbons (Fsp3) is 0.364. The Bertz CT molecular complexity index is 490. The van der Waals surface area contributed by atoms with Crippen LogP contribution in [0, 0.1) is 6.54 Å². The summed E-state index contributed by atoms with van der Waals surface area (Å²) in [6.07, 6.45) is 2.69. The molecule has 1 aromatic rings. The number of rotatable bonds is 2. The average Bonchev–Trinajstić information content (AvgIpc) is 2.29. The highest BCUT2D eigenvalue weighted by atomic mass is 35.5. The summed E-state index contributed by atoms with van der Waals surface area (Å²) in [5.74, 6) is 0. The third-order valence-electron chi connectivity index (χ3n) is 2.61. The molecule has 0 N–H and O–H groups in total. The van der Waals surface area contributed by atoms with Crippen molar-refractivity contribution in [1.29, 1.82) is 0 Å². The summed E-state index contributed by atoms with van der Waals surface area (Å²) in [6.45, 7) is 2.24. The van der Waals surface area contributed by atoms with E-state index in [1.54, 1.807) is 6.54 Å². The van der Waals surface area contributed by atoms with Crippen LogP contribution in [0.4, 0.5) is 0 Å². The summed E-state index contributed by atoms with van der Waals surface area (Å²) >= 11 is 11.6. The second-order valence-electron chi connectivity index (χ2n) is 3.90. The molecule has 1 heterocycles. The molecule has 1 aromatic carbocycles. The van der Waals surface area contributed by atoms with Crippen molar-refractivity contribution in [3.8, 4) is 0 Å². The van der Waals surface area contributed by atoms with Crippen molar-refractivity contribution in [1.82, 2.24) is 4.31 Å². The lowest BCUT2D eigenvalue weighted by Crippen LogP contribution is -2.32. The fourth-order valence-electron chi connectivity index (χ4n) is 1.77. The summed E-state index contributed by atoms with van der Waals surface area (Å²) in [5, 5.41) is 0.654. The number of nitrogens with zero attached hydrogens (tertiary/aromatic N) is 1. The molecular formula is C11H12Cl2NO2S. The van der Waals surface area contributed by atoms with Crippen LogP contribution in [0.3, 0.4) is 0 Å². The van der Waals surface area contributed by atoms with E-state index in [9.17, 15) is 8.42 Å². The molecule has 6 heteroatoms. The third-order valence-corrected chi connectivity index (χ3v) is 4.82. The van der Waals surface area contributed by atoms with Crippen LogP contribution in [0.5, 0.6) is 0 Å². The van der Waals surface area contributed by atoms with Gasteiger partial charge in [-0.15, -0.1) is 0 Å². The van der Waals surface area contributed by atoms with Gasteiger partial charge in [-0.05, 0) is 31.0 Å². The monoisotopic (exact) mass is 292 g/mol. The van der Waals surface area contributed by atoms with E-state index in [1.165, 1.54) is 22.5 Å². The lowest BCUT2D eigenvalue weighted by Gasteiger charge is -2.25. The Morgan fingerprint density at radius 1 is 1.06 bits per heavy atom. The molecule has 1 fully saturated rings. The van der Waals surface area contributed by atoms with E-state index in [-0.39, 0.29) is 4.90 Å². The number of piperidine rings is 1. The molecule has 0 bridgehead atoms. The van der Waals surface area contributed by atoms with Gasteiger partial charge < -0.3 is 0 Å². The zero-order valence-electron chi connectivity index (χ0n) is 9.07. The lowest BCUT2D eigenvalue weighted by atomic mass is 10.2. The first kappa shape index (κ1) is 13.1. The van der Waals surface area contributed by atoms with Gasteiger partial charge in [0, 0.05) is 23.1 Å². The molecule has 1 saturated heterocycles. The van der Waals surface area contributed by atoms with Gasteiger partial charge in [0.25, 0.3) is 0 Å². The van der Waals surface area contributed by atoms with Gasteiger partial charge in [-0.25, -0.2) is 8.42 Å². The van der Waals surface area contributed by atoms with E-state index >= 15 is 0 Å². The predicted molar refractivity (Wildman–Crippen MR) is 68.5 cm³/mol. The van der Waals surface area contributed by atoms with Gasteiger partial charge in [-0.3, -0.25) is 0 Å². The average molecular weight is 293 g/mol. The van der Waals surface area contributed by atoms with E-state index in [1.807, 2.05) is 0 Å². The van der Waals surface area contributed by atoms with Crippen LogP contribution in [0.15, 0.2) is 23.1 Å². The normalized spacial score (nSPS) is 18.2. The first-order chi connectivity index (χ1) is 8.00. The molecule has 0 atom stereocenters. The van der Waals surface area contributed by atoms with Gasteiger partial charge >= 0.3 is 0 Å². The highest BCUT2D eigenvalue weighted by Gasteiger charge is 2.26. The van der Waals surface area contributed by atoms with E-state index in [2.05, 4.69) is 0 Å². The molecule has 0 spiro atoms. The Morgan fingerprint density at radius 3 is 2.24 bits per heavy atom. The molecule has 17 heavy (non-hydrogen) atoms. The topological polar surface area (TPSA) is 37.4 Å². The van der Waals surface area contributed by atoms with Gasteiger partial charge in [-0.2, -0.15) is 4.31 Å². The first-order valence-corrected chi connectivity index (χ1v) is 7.51. The summed E-state index contributed by atoms with van der Waals surface area (Å²) in [7, 11) is -3.50. The molecule has 2 rings (SSSR count). The predicted octanol–water partition coefficient (Wildman–Crippen LogP) is 3.33. The second kappa shape index (κ2) is 5.14. The largest absolute Gasteiger partial charge is 0.243 e. The van der Waals surface area contributed by atoms with Crippen LogP contribution in [-0.4, -0.2) is 19.3 Å². The van der Waals surface area contributed by atoms with Crippen LogP contribution in [-0.2, 0) is 10.0 Å². The van der Waals surface area contributed by atoms with Crippen LogP contribution >= 0.6 is 23.2 Å². The van der Waals surface area contributed by atoms with Crippen molar-refractivity contribution in [3.05, 3.63) is 34.8 Å². The molecule has 1 aliphatic heterocycles. The van der Waals surface area contributed by atoms with Crippen molar-refractivity contribution in [2.75, 3.05) is 6.54 Å². The zero-order chi connectivity index (χ0) is 12.5. The molecule has 1 radical (unpaired) electrons. The number of benzene rings is 1. The van der Waals surface area contributed by atoms with Gasteiger partial charge in [0.1, 0.15) is 0 Å². The van der Waals surface area contributed by atoms with Gasteiger partial charge in [-0.1, -0.05) is 29.6 Å². The molecule has 0 aliphatic carbocycles. The first-order valence-electron chi connectivity index (χ1n) is 5.31. The van der Waals surface area contributed by atoms with Crippen molar-refractivity contribution in [2.45, 2.75) is 24.2 Å². The summed E-state index contributed by atoms with van der Waals surface area (Å²) in [4.78, 5) is 0.146. The molecule has 0 aromatic heterocycles. The minimum Gasteiger partial charge on any atom is -0.207 e. The van der Waals surface area contributed by atoms with Crippen molar-refractivity contribution in [2.24, 2.45) is 0 Å². The van der Waals surface area contributed by atoms with Gasteiger partial charge in [0.05, 0.1) is 4.90 Å². The van der Waals surface area contributed by atoms with Crippen LogP contribution in [0.1, 0.15) is 19.3 Å². The number of halogens is 2. The minimum absolute atomic E-state index is 0.146. The van der Waals surface area contributed by atoms with Crippen LogP contribution in [0.2, 0.25) is 10.0 Å². The Morgan fingerprint density at radius 2 is 1.71 bits per heavy atom. The van der Waals surface area contributed by atoms with Gasteiger partial charge in [0.15, 0.2) is 0 Å². The molecule has 0 unspecified atom stereocenters. The molecule has 93 valence electrons. The third kappa shape index (κ3) is 2.94. The lowest BCUT2D eigenvalue weighted by molar-refractivity contribution is 0.400. The highest BCUT2D eigenvalue weighted by Crippen LogP contribution is 2.27. The minimum atomic E-state index is -3.50. The van der Waals surface area contributed by atoms with E-state index < -0.39 is 10.0 Å². The van der Waals surface area contributed by atoms with E-state index in [4.69, 9.17) is 23.2 Å². The Labute approximate surface area is 111 Å². The van der Waals surface area contributed by atoms with Crippen LogP contribution < -0.4 is 0 Å². The smallest absolute Gasteiger partial charge is 0.207 e. The Hall–Kier alpha value is -0.290. The maximum Gasteiger partial charge on any atom is 0.243 e. The summed E-state index contributed by atoms with van der Waals surface area (Å²) in [5.41, 5.74) is 0. The number of hydrogen-bond donors (Lipinski definition) is 0. The Kier molecular flexibility index (Phi) is 3.98. The van der Waals surface area contributed by atoms with Crippen molar-refractivity contribution >= 4 is 33.2 Å². The van der Waals surface area contributed by atoms with E-state index in [0.717, 1.165) is 19.3 Å². The van der Waals surface area contributed by atoms with Gasteiger partial charge in [0.2, 0.25) is 10.0 Å². The van der Waals surface area contributed by atoms with Crippen LogP contribution in [0.25, 0.3) is 0 Å². The molecule has 0 saturated carbocycles. The second-order valence-corrected chi connectivity index (χ2v) is 6.66. The fourth-order valence-corrected chi connectivity index (χ4v) is 3.92. The summed E-state index contributed by atoms with van der Waals surface area (Å²) in [6, 6.07) is 4.36. The van der Waals surface area contributed by atoms with E-state index in [0.29, 0.717) is 16.6 Å². The summed E-state index contributed by atoms with van der Waals surface area (Å²) < 4.78 is 25.9. The molecular weight excluding hydrogens is 281 g/mol. The SMILES string of the molecule is O=S(=O)(c1cc(Cl)cc(Cl)c1)N1[CH]CCCC1. The Balaban J connectivity index is 2.36. The van der Waals surface area contributed by atoms with Crippen molar-refractivity contribution < 1.29 is 8.42 Å². The standard InChI is InChI=1S/C11H12Cl2NO2S/c12-9-6-10(13)8-11(7-9)17(15,16)14-4-2-1-3-5-14/h4,6-8H,1-3,5H2. The number of sulfonamides is 1. The molecule has 3 nitrogen and oxygen atoms in total. The maximum atomic E-state index is 12.3. The number of hydrogen-bond acceptors (Lipinski definition) is 2. The zero-order valence-corrected chi connectivity index (χ0v) is 11.4. The van der Waals surface area contributed by atoms with Crippen molar-refractivity contribution in [3.63, 3.8) is 0 Å². The molecule has 1 aliphatic rings. The molecule has 0 amide bonds.